The van der Waals surface area contributed by atoms with Crippen LogP contribution in [0.4, 0.5) is 8.78 Å². The zero-order valence-corrected chi connectivity index (χ0v) is 15.9. The van der Waals surface area contributed by atoms with E-state index in [1.807, 2.05) is 12.1 Å². The molecule has 0 unspecified atom stereocenters. The number of benzene rings is 1. The second-order valence-corrected chi connectivity index (χ2v) is 7.01. The summed E-state index contributed by atoms with van der Waals surface area (Å²) in [6, 6.07) is 6.06. The molecule has 0 radical (unpaired) electrons. The molecule has 0 aliphatic carbocycles. The van der Waals surface area contributed by atoms with Gasteiger partial charge in [0.25, 0.3) is 5.92 Å². The molecule has 1 aromatic carbocycles. The van der Waals surface area contributed by atoms with Gasteiger partial charge in [-0.25, -0.2) is 8.78 Å². The lowest BCUT2D eigenvalue weighted by Gasteiger charge is -2.32. The summed E-state index contributed by atoms with van der Waals surface area (Å²) in [6.07, 6.45) is 1.91. The number of amides is 1. The van der Waals surface area contributed by atoms with Crippen LogP contribution >= 0.6 is 12.4 Å². The molecule has 26 heavy (non-hydrogen) atoms. The topological polar surface area (TPSA) is 41.6 Å². The number of ether oxygens (including phenoxy) is 1. The highest BCUT2D eigenvalue weighted by molar-refractivity contribution is 5.85. The smallest absolute Gasteiger partial charge is 0.251 e. The van der Waals surface area contributed by atoms with Gasteiger partial charge >= 0.3 is 0 Å². The summed E-state index contributed by atoms with van der Waals surface area (Å²) < 4.78 is 32.0. The highest BCUT2D eigenvalue weighted by Crippen LogP contribution is 2.31. The van der Waals surface area contributed by atoms with Gasteiger partial charge in [0.2, 0.25) is 5.91 Å². The number of nitrogens with one attached hydrogen (secondary N) is 1. The van der Waals surface area contributed by atoms with Gasteiger partial charge in [-0.3, -0.25) is 4.79 Å². The van der Waals surface area contributed by atoms with Crippen LogP contribution in [-0.4, -0.2) is 50.0 Å². The number of nitrogens with zero attached hydrogens (tertiary/aromatic N) is 1. The van der Waals surface area contributed by atoms with Crippen molar-refractivity contribution in [2.24, 2.45) is 0 Å². The Hall–Kier alpha value is -1.40. The number of likely N-dealkylation sites (tertiary alicyclic amines) is 1. The molecule has 7 heteroatoms. The standard InChI is InChI=1S/C19H26F2N2O2.ClH/c1-25-17-12-15(14-4-8-22-9-5-14)2-3-16(17)13-18(24)23-10-6-19(20,21)7-11-23;/h2-3,12,14,22H,4-11,13H2,1H3;1H. The number of hydrogen-bond donors (Lipinski definition) is 1. The average Bonchev–Trinajstić information content (AvgIpc) is 2.62. The quantitative estimate of drug-likeness (QED) is 0.859. The highest BCUT2D eigenvalue weighted by atomic mass is 35.5. The van der Waals surface area contributed by atoms with Crippen LogP contribution in [0.25, 0.3) is 0 Å². The fraction of sp³-hybridized carbons (Fsp3) is 0.632. The van der Waals surface area contributed by atoms with Crippen molar-refractivity contribution < 1.29 is 18.3 Å². The fourth-order valence-electron chi connectivity index (χ4n) is 3.67. The molecule has 2 heterocycles. The Morgan fingerprint density at radius 3 is 2.54 bits per heavy atom. The summed E-state index contributed by atoms with van der Waals surface area (Å²) in [7, 11) is 1.61. The number of halogens is 3. The van der Waals surface area contributed by atoms with Gasteiger partial charge in [0.15, 0.2) is 0 Å². The van der Waals surface area contributed by atoms with Crippen molar-refractivity contribution >= 4 is 18.3 Å². The highest BCUT2D eigenvalue weighted by Gasteiger charge is 2.35. The van der Waals surface area contributed by atoms with Crippen molar-refractivity contribution in [1.82, 2.24) is 10.2 Å². The van der Waals surface area contributed by atoms with E-state index in [1.54, 1.807) is 7.11 Å². The van der Waals surface area contributed by atoms with Crippen LogP contribution in [0.15, 0.2) is 18.2 Å². The normalized spacial score (nSPS) is 20.3. The summed E-state index contributed by atoms with van der Waals surface area (Å²) >= 11 is 0. The average molecular weight is 389 g/mol. The molecule has 3 rings (SSSR count). The first-order valence-corrected chi connectivity index (χ1v) is 9.02. The Balaban J connectivity index is 0.00000243. The lowest BCUT2D eigenvalue weighted by molar-refractivity contribution is -0.136. The van der Waals surface area contributed by atoms with E-state index in [9.17, 15) is 13.6 Å². The Labute approximate surface area is 159 Å². The molecule has 2 saturated heterocycles. The van der Waals surface area contributed by atoms with E-state index in [0.717, 1.165) is 31.5 Å². The largest absolute Gasteiger partial charge is 0.496 e. The van der Waals surface area contributed by atoms with Gasteiger partial charge in [0.1, 0.15) is 5.75 Å². The van der Waals surface area contributed by atoms with Gasteiger partial charge in [-0.05, 0) is 43.5 Å². The second-order valence-electron chi connectivity index (χ2n) is 7.01. The number of alkyl halides is 2. The lowest BCUT2D eigenvalue weighted by atomic mass is 9.89. The Bertz CT molecular complexity index is 612. The van der Waals surface area contributed by atoms with Crippen LogP contribution in [0.3, 0.4) is 0 Å². The maximum absolute atomic E-state index is 13.2. The van der Waals surface area contributed by atoms with Crippen LogP contribution in [-0.2, 0) is 11.2 Å². The molecule has 146 valence electrons. The number of carbonyl (C=O) groups excluding carboxylic acids is 1. The van der Waals surface area contributed by atoms with Gasteiger partial charge in [-0.1, -0.05) is 12.1 Å². The molecule has 2 aliphatic heterocycles. The molecule has 1 aromatic rings. The maximum Gasteiger partial charge on any atom is 0.251 e. The SMILES string of the molecule is COc1cc(C2CCNCC2)ccc1CC(=O)N1CCC(F)(F)CC1.Cl. The summed E-state index contributed by atoms with van der Waals surface area (Å²) in [6.45, 7) is 2.29. The Kier molecular flexibility index (Phi) is 7.24. The molecule has 0 aromatic heterocycles. The van der Waals surface area contributed by atoms with E-state index in [0.29, 0.717) is 11.7 Å². The minimum atomic E-state index is -2.63. The summed E-state index contributed by atoms with van der Waals surface area (Å²) in [5, 5.41) is 3.36. The van der Waals surface area contributed by atoms with Crippen molar-refractivity contribution in [3.8, 4) is 5.75 Å². The molecule has 2 aliphatic rings. The Morgan fingerprint density at radius 2 is 1.92 bits per heavy atom. The van der Waals surface area contributed by atoms with E-state index < -0.39 is 5.92 Å². The minimum absolute atomic E-state index is 0. The molecule has 0 bridgehead atoms. The first-order chi connectivity index (χ1) is 12.0. The third kappa shape index (κ3) is 5.07. The molecule has 2 fully saturated rings. The number of methoxy groups -OCH3 is 1. The van der Waals surface area contributed by atoms with E-state index >= 15 is 0 Å². The summed E-state index contributed by atoms with van der Waals surface area (Å²) in [5.74, 6) is -1.51. The first kappa shape index (κ1) is 20.9. The molecule has 0 spiro atoms. The van der Waals surface area contributed by atoms with Crippen LogP contribution < -0.4 is 10.1 Å². The number of hydrogen-bond acceptors (Lipinski definition) is 3. The monoisotopic (exact) mass is 388 g/mol. The fourth-order valence-corrected chi connectivity index (χ4v) is 3.67. The van der Waals surface area contributed by atoms with Crippen molar-refractivity contribution in [3.05, 3.63) is 29.3 Å². The molecular formula is C19H27ClF2N2O2. The Morgan fingerprint density at radius 1 is 1.27 bits per heavy atom. The molecule has 0 saturated carbocycles. The van der Waals surface area contributed by atoms with E-state index in [-0.39, 0.29) is 50.7 Å². The van der Waals surface area contributed by atoms with Crippen molar-refractivity contribution in [2.45, 2.75) is 43.9 Å². The summed E-state index contributed by atoms with van der Waals surface area (Å²) in [4.78, 5) is 14.0. The van der Waals surface area contributed by atoms with Gasteiger partial charge in [-0.15, -0.1) is 12.4 Å². The van der Waals surface area contributed by atoms with Crippen LogP contribution in [0.1, 0.15) is 42.7 Å². The maximum atomic E-state index is 13.2. The first-order valence-electron chi connectivity index (χ1n) is 9.02. The van der Waals surface area contributed by atoms with Gasteiger partial charge < -0.3 is 15.0 Å². The third-order valence-electron chi connectivity index (χ3n) is 5.31. The predicted octanol–water partition coefficient (Wildman–Crippen LogP) is 3.38. The molecule has 0 atom stereocenters. The number of carbonyl (C=O) groups is 1. The third-order valence-corrected chi connectivity index (χ3v) is 5.31. The van der Waals surface area contributed by atoms with Crippen molar-refractivity contribution in [2.75, 3.05) is 33.3 Å². The minimum Gasteiger partial charge on any atom is -0.496 e. The molecular weight excluding hydrogens is 362 g/mol. The number of rotatable bonds is 4. The lowest BCUT2D eigenvalue weighted by Crippen LogP contribution is -2.43. The predicted molar refractivity (Wildman–Crippen MR) is 99.6 cm³/mol. The van der Waals surface area contributed by atoms with Crippen LogP contribution in [0.5, 0.6) is 5.75 Å². The summed E-state index contributed by atoms with van der Waals surface area (Å²) in [5.41, 5.74) is 2.06. The van der Waals surface area contributed by atoms with Crippen molar-refractivity contribution in [1.29, 1.82) is 0 Å². The van der Waals surface area contributed by atoms with Crippen molar-refractivity contribution in [3.63, 3.8) is 0 Å². The van der Waals surface area contributed by atoms with E-state index in [4.69, 9.17) is 4.74 Å². The zero-order chi connectivity index (χ0) is 17.9. The van der Waals surface area contributed by atoms with E-state index in [2.05, 4.69) is 11.4 Å². The zero-order valence-electron chi connectivity index (χ0n) is 15.1. The van der Waals surface area contributed by atoms with Gasteiger partial charge in [-0.2, -0.15) is 0 Å². The van der Waals surface area contributed by atoms with Gasteiger partial charge in [0, 0.05) is 31.5 Å². The second kappa shape index (κ2) is 9.00. The molecule has 1 N–H and O–H groups in total. The van der Waals surface area contributed by atoms with Crippen LogP contribution in [0.2, 0.25) is 0 Å². The number of piperidine rings is 2. The van der Waals surface area contributed by atoms with Crippen LogP contribution in [0, 0.1) is 0 Å². The van der Waals surface area contributed by atoms with E-state index in [1.165, 1.54) is 10.5 Å². The molecule has 1 amide bonds. The van der Waals surface area contributed by atoms with Gasteiger partial charge in [0.05, 0.1) is 13.5 Å². The molecule has 4 nitrogen and oxygen atoms in total.